The molecule has 0 saturated carbocycles. The summed E-state index contributed by atoms with van der Waals surface area (Å²) < 4.78 is 11.5. The molecule has 2 aromatic carbocycles. The van der Waals surface area contributed by atoms with Gasteiger partial charge in [0.1, 0.15) is 11.9 Å². The molecule has 1 amide bonds. The number of hydrogen-bond acceptors (Lipinski definition) is 4. The minimum absolute atomic E-state index is 0.134. The number of methoxy groups -OCH3 is 1. The number of carbonyl (C=O) groups is 2. The van der Waals surface area contributed by atoms with E-state index in [4.69, 9.17) is 9.47 Å². The Labute approximate surface area is 154 Å². The summed E-state index contributed by atoms with van der Waals surface area (Å²) in [4.78, 5) is 23.9. The molecule has 2 aromatic rings. The molecule has 0 aromatic heterocycles. The van der Waals surface area contributed by atoms with Crippen molar-refractivity contribution >= 4 is 27.8 Å². The van der Waals surface area contributed by atoms with Crippen LogP contribution in [0.1, 0.15) is 31.8 Å². The average Bonchev–Trinajstić information content (AvgIpc) is 3.03. The molecule has 0 radical (unpaired) electrons. The second kappa shape index (κ2) is 7.27. The number of benzene rings is 2. The van der Waals surface area contributed by atoms with Gasteiger partial charge in [-0.05, 0) is 54.4 Å². The maximum Gasteiger partial charge on any atom is 0.337 e. The van der Waals surface area contributed by atoms with E-state index in [1.54, 1.807) is 24.3 Å². The minimum atomic E-state index is -0.370. The number of nitrogens with one attached hydrogen (secondary N) is 1. The van der Waals surface area contributed by atoms with Crippen LogP contribution in [0.5, 0.6) is 5.75 Å². The van der Waals surface area contributed by atoms with Crippen molar-refractivity contribution in [3.05, 3.63) is 63.1 Å². The van der Waals surface area contributed by atoms with Crippen molar-refractivity contribution in [1.29, 1.82) is 0 Å². The van der Waals surface area contributed by atoms with Gasteiger partial charge in [-0.2, -0.15) is 0 Å². The minimum Gasteiger partial charge on any atom is -0.488 e. The first kappa shape index (κ1) is 17.5. The molecule has 1 N–H and O–H groups in total. The lowest BCUT2D eigenvalue weighted by Gasteiger charge is -2.12. The third-order valence-electron chi connectivity index (χ3n) is 4.13. The molecule has 0 unspecified atom stereocenters. The summed E-state index contributed by atoms with van der Waals surface area (Å²) in [7, 11) is 1.36. The van der Waals surface area contributed by atoms with Crippen molar-refractivity contribution in [1.82, 2.24) is 5.32 Å². The van der Waals surface area contributed by atoms with Crippen molar-refractivity contribution in [2.45, 2.75) is 19.4 Å². The quantitative estimate of drug-likeness (QED) is 0.795. The normalized spacial score (nSPS) is 15.2. The Bertz CT molecular complexity index is 834. The predicted octanol–water partition coefficient (Wildman–Crippen LogP) is 3.28. The molecule has 1 aliphatic rings. The zero-order valence-corrected chi connectivity index (χ0v) is 15.6. The van der Waals surface area contributed by atoms with Crippen LogP contribution >= 0.6 is 15.9 Å². The summed E-state index contributed by atoms with van der Waals surface area (Å²) >= 11 is 3.42. The van der Waals surface area contributed by atoms with E-state index in [9.17, 15) is 9.59 Å². The van der Waals surface area contributed by atoms with Gasteiger partial charge in [-0.1, -0.05) is 15.9 Å². The molecule has 25 heavy (non-hydrogen) atoms. The Hall–Kier alpha value is -2.34. The van der Waals surface area contributed by atoms with Crippen LogP contribution in [0.2, 0.25) is 0 Å². The maximum atomic E-state index is 12.3. The number of ether oxygens (including phenoxy) is 2. The molecule has 6 heteroatoms. The summed E-state index contributed by atoms with van der Waals surface area (Å²) in [5, 5.41) is 2.90. The van der Waals surface area contributed by atoms with Crippen molar-refractivity contribution < 1.29 is 19.1 Å². The molecule has 0 fully saturated rings. The number of rotatable bonds is 4. The number of halogens is 1. The summed E-state index contributed by atoms with van der Waals surface area (Å²) in [6.45, 7) is 2.34. The second-order valence-electron chi connectivity index (χ2n) is 5.93. The molecular formula is C19H18BrNO4. The smallest absolute Gasteiger partial charge is 0.337 e. The Morgan fingerprint density at radius 3 is 2.72 bits per heavy atom. The van der Waals surface area contributed by atoms with Crippen LogP contribution < -0.4 is 10.1 Å². The van der Waals surface area contributed by atoms with Gasteiger partial charge in [0, 0.05) is 16.5 Å². The lowest BCUT2D eigenvalue weighted by atomic mass is 10.1. The molecule has 5 nitrogen and oxygen atoms in total. The molecule has 130 valence electrons. The molecule has 3 rings (SSSR count). The fourth-order valence-corrected chi connectivity index (χ4v) is 3.02. The fourth-order valence-electron chi connectivity index (χ4n) is 2.77. The standard InChI is InChI=1S/C19H18BrNO4/c1-11-7-12(3-5-16(11)20)18(22)21-10-15-9-14-8-13(19(23)24-2)4-6-17(14)25-15/h3-8,15H,9-10H2,1-2H3,(H,21,22)/t15-/m1/s1. The largest absolute Gasteiger partial charge is 0.488 e. The highest BCUT2D eigenvalue weighted by molar-refractivity contribution is 9.10. The van der Waals surface area contributed by atoms with Gasteiger partial charge in [-0.3, -0.25) is 4.79 Å². The van der Waals surface area contributed by atoms with Crippen LogP contribution in [0.25, 0.3) is 0 Å². The lowest BCUT2D eigenvalue weighted by molar-refractivity contribution is 0.0600. The molecular weight excluding hydrogens is 386 g/mol. The first-order valence-electron chi connectivity index (χ1n) is 7.90. The van der Waals surface area contributed by atoms with Gasteiger partial charge in [0.15, 0.2) is 0 Å². The van der Waals surface area contributed by atoms with Crippen LogP contribution in [0.15, 0.2) is 40.9 Å². The van der Waals surface area contributed by atoms with Crippen molar-refractivity contribution in [2.24, 2.45) is 0 Å². The number of hydrogen-bond donors (Lipinski definition) is 1. The molecule has 0 aliphatic carbocycles. The van der Waals surface area contributed by atoms with Gasteiger partial charge in [-0.25, -0.2) is 4.79 Å². The Morgan fingerprint density at radius 2 is 2.00 bits per heavy atom. The van der Waals surface area contributed by atoms with Crippen molar-refractivity contribution in [3.63, 3.8) is 0 Å². The third kappa shape index (κ3) is 3.85. The molecule has 1 atom stereocenters. The van der Waals surface area contributed by atoms with E-state index in [0.717, 1.165) is 21.3 Å². The van der Waals surface area contributed by atoms with Gasteiger partial charge in [-0.15, -0.1) is 0 Å². The Morgan fingerprint density at radius 1 is 1.24 bits per heavy atom. The number of esters is 1. The zero-order chi connectivity index (χ0) is 18.0. The number of fused-ring (bicyclic) bond motifs is 1. The lowest BCUT2D eigenvalue weighted by Crippen LogP contribution is -2.34. The monoisotopic (exact) mass is 403 g/mol. The summed E-state index contributed by atoms with van der Waals surface area (Å²) in [5.41, 5.74) is 3.07. The molecule has 0 saturated heterocycles. The number of amides is 1. The van der Waals surface area contributed by atoms with Gasteiger partial charge >= 0.3 is 5.97 Å². The van der Waals surface area contributed by atoms with Crippen molar-refractivity contribution in [2.75, 3.05) is 13.7 Å². The summed E-state index contributed by atoms with van der Waals surface area (Å²) in [6, 6.07) is 10.7. The molecule has 0 bridgehead atoms. The van der Waals surface area contributed by atoms with Crippen LogP contribution in [0.3, 0.4) is 0 Å². The highest BCUT2D eigenvalue weighted by Gasteiger charge is 2.24. The highest BCUT2D eigenvalue weighted by atomic mass is 79.9. The first-order valence-corrected chi connectivity index (χ1v) is 8.69. The summed E-state index contributed by atoms with van der Waals surface area (Å²) in [6.07, 6.45) is 0.489. The SMILES string of the molecule is COC(=O)c1ccc2c(c1)C[C@H](CNC(=O)c1ccc(Br)c(C)c1)O2. The zero-order valence-electron chi connectivity index (χ0n) is 14.0. The Kier molecular flexibility index (Phi) is 5.08. The number of aryl methyl sites for hydroxylation is 1. The van der Waals surface area contributed by atoms with Gasteiger partial charge in [0.05, 0.1) is 19.2 Å². The van der Waals surface area contributed by atoms with E-state index < -0.39 is 0 Å². The van der Waals surface area contributed by atoms with Crippen LogP contribution in [0.4, 0.5) is 0 Å². The van der Waals surface area contributed by atoms with E-state index in [1.807, 2.05) is 19.1 Å². The van der Waals surface area contributed by atoms with Crippen LogP contribution in [-0.4, -0.2) is 31.6 Å². The Balaban J connectivity index is 1.60. The second-order valence-corrected chi connectivity index (χ2v) is 6.79. The number of carbonyl (C=O) groups excluding carboxylic acids is 2. The molecule has 1 aliphatic heterocycles. The highest BCUT2D eigenvalue weighted by Crippen LogP contribution is 2.29. The fraction of sp³-hybridized carbons (Fsp3) is 0.263. The van der Waals surface area contributed by atoms with Crippen molar-refractivity contribution in [3.8, 4) is 5.75 Å². The average molecular weight is 404 g/mol. The maximum absolute atomic E-state index is 12.3. The predicted molar refractivity (Wildman–Crippen MR) is 97.1 cm³/mol. The van der Waals surface area contributed by atoms with E-state index in [1.165, 1.54) is 7.11 Å². The van der Waals surface area contributed by atoms with Gasteiger partial charge in [0.2, 0.25) is 0 Å². The summed E-state index contributed by atoms with van der Waals surface area (Å²) in [5.74, 6) is 0.238. The topological polar surface area (TPSA) is 64.6 Å². The van der Waals surface area contributed by atoms with Gasteiger partial charge < -0.3 is 14.8 Å². The first-order chi connectivity index (χ1) is 12.0. The third-order valence-corrected chi connectivity index (χ3v) is 5.02. The van der Waals surface area contributed by atoms with Gasteiger partial charge in [0.25, 0.3) is 5.91 Å². The van der Waals surface area contributed by atoms with E-state index in [0.29, 0.717) is 24.1 Å². The van der Waals surface area contributed by atoms with E-state index >= 15 is 0 Å². The van der Waals surface area contributed by atoms with E-state index in [2.05, 4.69) is 21.2 Å². The van der Waals surface area contributed by atoms with Crippen LogP contribution in [-0.2, 0) is 11.2 Å². The molecule has 1 heterocycles. The molecule has 0 spiro atoms. The van der Waals surface area contributed by atoms with Crippen LogP contribution in [0, 0.1) is 6.92 Å². The van der Waals surface area contributed by atoms with E-state index in [-0.39, 0.29) is 18.0 Å².